The fourth-order valence-electron chi connectivity index (χ4n) is 8.91. The van der Waals surface area contributed by atoms with Crippen LogP contribution in [0.1, 0.15) is 11.1 Å². The largest absolute Gasteiger partial charge is 0.309 e. The first-order valence-electron chi connectivity index (χ1n) is 18.3. The zero-order chi connectivity index (χ0) is 36.6. The second-order valence-electron chi connectivity index (χ2n) is 13.9. The van der Waals surface area contributed by atoms with Crippen LogP contribution in [0, 0.1) is 22.7 Å². The Balaban J connectivity index is 1.25. The number of hydrogen-bond acceptors (Lipinski definition) is 2. The van der Waals surface area contributed by atoms with E-state index in [1.165, 1.54) is 10.8 Å². The van der Waals surface area contributed by atoms with Crippen LogP contribution in [-0.2, 0) is 0 Å². The topological polar surface area (TPSA) is 62.4 Å². The predicted molar refractivity (Wildman–Crippen MR) is 224 cm³/mol. The first-order chi connectivity index (χ1) is 27.2. The lowest BCUT2D eigenvalue weighted by molar-refractivity contribution is 1.15. The lowest BCUT2D eigenvalue weighted by Gasteiger charge is -2.19. The van der Waals surface area contributed by atoms with Crippen molar-refractivity contribution in [2.45, 2.75) is 0 Å². The molecule has 0 amide bonds. The van der Waals surface area contributed by atoms with Crippen LogP contribution in [0.5, 0.6) is 0 Å². The Hall–Kier alpha value is -7.86. The normalized spacial score (nSPS) is 11.6. The highest BCUT2D eigenvalue weighted by Crippen LogP contribution is 2.44. The zero-order valence-electron chi connectivity index (χ0n) is 29.5. The van der Waals surface area contributed by atoms with E-state index in [4.69, 9.17) is 0 Å². The van der Waals surface area contributed by atoms with E-state index in [0.717, 1.165) is 82.8 Å². The van der Waals surface area contributed by atoms with E-state index in [0.29, 0.717) is 11.1 Å². The Labute approximate surface area is 316 Å². The molecule has 0 saturated carbocycles. The van der Waals surface area contributed by atoms with Crippen LogP contribution in [0.3, 0.4) is 0 Å². The van der Waals surface area contributed by atoms with Gasteiger partial charge in [-0.25, -0.2) is 0 Å². The van der Waals surface area contributed by atoms with Gasteiger partial charge in [0.25, 0.3) is 0 Å². The fourth-order valence-corrected chi connectivity index (χ4v) is 8.91. The van der Waals surface area contributed by atoms with Gasteiger partial charge in [0.2, 0.25) is 0 Å². The maximum absolute atomic E-state index is 10.8. The molecule has 0 N–H and O–H groups in total. The van der Waals surface area contributed by atoms with Gasteiger partial charge in [-0.05, 0) is 66.7 Å². The van der Waals surface area contributed by atoms with Crippen molar-refractivity contribution in [1.29, 1.82) is 10.5 Å². The van der Waals surface area contributed by atoms with E-state index in [1.54, 1.807) is 0 Å². The molecule has 5 heteroatoms. The smallest absolute Gasteiger partial charge is 0.0998 e. The van der Waals surface area contributed by atoms with Gasteiger partial charge in [0.05, 0.1) is 73.4 Å². The molecule has 0 aliphatic carbocycles. The van der Waals surface area contributed by atoms with E-state index < -0.39 is 0 Å². The molecule has 0 fully saturated rings. The van der Waals surface area contributed by atoms with Gasteiger partial charge in [-0.1, -0.05) is 109 Å². The summed E-state index contributed by atoms with van der Waals surface area (Å²) in [5.41, 5.74) is 12.2. The van der Waals surface area contributed by atoms with Crippen molar-refractivity contribution in [2.75, 3.05) is 0 Å². The number of para-hydroxylation sites is 5. The quantitative estimate of drug-likeness (QED) is 0.184. The minimum Gasteiger partial charge on any atom is -0.309 e. The molecule has 3 heterocycles. The van der Waals surface area contributed by atoms with Crippen molar-refractivity contribution in [3.8, 4) is 40.3 Å². The van der Waals surface area contributed by atoms with Crippen LogP contribution in [-0.4, -0.2) is 13.7 Å². The molecule has 5 nitrogen and oxygen atoms in total. The molecule has 0 radical (unpaired) electrons. The summed E-state index contributed by atoms with van der Waals surface area (Å²) in [6.45, 7) is 0. The Morgan fingerprint density at radius 3 is 1.47 bits per heavy atom. The molecule has 0 atom stereocenters. The molecule has 0 spiro atoms. The molecular formula is C50H29N5. The maximum Gasteiger partial charge on any atom is 0.0998 e. The highest BCUT2D eigenvalue weighted by atomic mass is 15.0. The Morgan fingerprint density at radius 2 is 0.818 bits per heavy atom. The summed E-state index contributed by atoms with van der Waals surface area (Å²) >= 11 is 0. The molecule has 11 aromatic rings. The second-order valence-corrected chi connectivity index (χ2v) is 13.9. The summed E-state index contributed by atoms with van der Waals surface area (Å²) < 4.78 is 6.96. The molecule has 0 aliphatic rings. The third kappa shape index (κ3) is 4.33. The van der Waals surface area contributed by atoms with Crippen LogP contribution >= 0.6 is 0 Å². The molecule has 0 aliphatic heterocycles. The molecule has 11 rings (SSSR count). The SMILES string of the molecule is N#Cc1ccc2c3ccccc3n(-c3ccccc3-c3c(C#N)cccc3-n3c4ccccc4c4c(-n5c6ccccc6c6ccccc65)cccc43)c2c1. The highest BCUT2D eigenvalue weighted by molar-refractivity contribution is 6.17. The molecule has 0 saturated heterocycles. The summed E-state index contributed by atoms with van der Waals surface area (Å²) in [5.74, 6) is 0. The lowest BCUT2D eigenvalue weighted by Crippen LogP contribution is -2.03. The van der Waals surface area contributed by atoms with E-state index in [9.17, 15) is 10.5 Å². The fraction of sp³-hybridized carbons (Fsp3) is 0. The van der Waals surface area contributed by atoms with Gasteiger partial charge in [-0.3, -0.25) is 0 Å². The Bertz CT molecular complexity index is 3420. The number of rotatable bonds is 4. The summed E-state index contributed by atoms with van der Waals surface area (Å²) in [6, 6.07) is 65.8. The molecule has 55 heavy (non-hydrogen) atoms. The van der Waals surface area contributed by atoms with Crippen molar-refractivity contribution >= 4 is 65.4 Å². The molecule has 8 aromatic carbocycles. The van der Waals surface area contributed by atoms with Crippen LogP contribution in [0.4, 0.5) is 0 Å². The third-order valence-electron chi connectivity index (χ3n) is 11.1. The lowest BCUT2D eigenvalue weighted by atomic mass is 9.96. The van der Waals surface area contributed by atoms with Crippen LogP contribution in [0.2, 0.25) is 0 Å². The van der Waals surface area contributed by atoms with Gasteiger partial charge in [0, 0.05) is 43.4 Å². The van der Waals surface area contributed by atoms with Crippen molar-refractivity contribution < 1.29 is 0 Å². The standard InChI is InChI=1S/C50H29N5/c51-30-32-27-28-37-36-16-3-8-21-42(36)54(48(37)29-32)43-22-9-4-17-38(43)49-33(31-52)13-11-24-45(49)55-44-23-10-5-18-39(44)50-46(25-12-26-47(50)55)53-40-19-6-1-14-34(40)35-15-2-7-20-41(35)53/h1-29H. The Morgan fingerprint density at radius 1 is 0.345 bits per heavy atom. The molecule has 254 valence electrons. The monoisotopic (exact) mass is 699 g/mol. The number of benzene rings is 8. The van der Waals surface area contributed by atoms with Crippen molar-refractivity contribution in [3.63, 3.8) is 0 Å². The number of fused-ring (bicyclic) bond motifs is 9. The second kappa shape index (κ2) is 11.8. The van der Waals surface area contributed by atoms with Crippen LogP contribution < -0.4 is 0 Å². The number of nitrogens with zero attached hydrogens (tertiary/aromatic N) is 5. The molecule has 3 aromatic heterocycles. The van der Waals surface area contributed by atoms with Gasteiger partial charge in [0.1, 0.15) is 0 Å². The van der Waals surface area contributed by atoms with E-state index >= 15 is 0 Å². The first kappa shape index (κ1) is 30.7. The van der Waals surface area contributed by atoms with E-state index in [2.05, 4.69) is 153 Å². The van der Waals surface area contributed by atoms with Crippen molar-refractivity contribution in [2.24, 2.45) is 0 Å². The maximum atomic E-state index is 10.8. The van der Waals surface area contributed by atoms with Gasteiger partial charge in [-0.15, -0.1) is 0 Å². The number of aromatic nitrogens is 3. The third-order valence-corrected chi connectivity index (χ3v) is 11.1. The average molecular weight is 700 g/mol. The first-order valence-corrected chi connectivity index (χ1v) is 18.3. The van der Waals surface area contributed by atoms with Crippen LogP contribution in [0.25, 0.3) is 93.6 Å². The van der Waals surface area contributed by atoms with Crippen molar-refractivity contribution in [3.05, 3.63) is 187 Å². The van der Waals surface area contributed by atoms with E-state index in [-0.39, 0.29) is 0 Å². The summed E-state index contributed by atoms with van der Waals surface area (Å²) in [5, 5.41) is 27.6. The van der Waals surface area contributed by atoms with E-state index in [1.807, 2.05) is 48.5 Å². The Kier molecular flexibility index (Phi) is 6.61. The summed E-state index contributed by atoms with van der Waals surface area (Å²) in [7, 11) is 0. The highest BCUT2D eigenvalue weighted by Gasteiger charge is 2.24. The van der Waals surface area contributed by atoms with Gasteiger partial charge >= 0.3 is 0 Å². The van der Waals surface area contributed by atoms with Crippen LogP contribution in [0.15, 0.2) is 176 Å². The molecule has 0 bridgehead atoms. The minimum atomic E-state index is 0.577. The number of hydrogen-bond donors (Lipinski definition) is 0. The summed E-state index contributed by atoms with van der Waals surface area (Å²) in [6.07, 6.45) is 0. The zero-order valence-corrected chi connectivity index (χ0v) is 29.5. The predicted octanol–water partition coefficient (Wildman–Crippen LogP) is 12.4. The van der Waals surface area contributed by atoms with Gasteiger partial charge < -0.3 is 13.7 Å². The summed E-state index contributed by atoms with van der Waals surface area (Å²) in [4.78, 5) is 0. The van der Waals surface area contributed by atoms with Gasteiger partial charge in [-0.2, -0.15) is 10.5 Å². The molecule has 0 unspecified atom stereocenters. The molecular weight excluding hydrogens is 671 g/mol. The van der Waals surface area contributed by atoms with Gasteiger partial charge in [0.15, 0.2) is 0 Å². The number of nitriles is 2. The minimum absolute atomic E-state index is 0.577. The van der Waals surface area contributed by atoms with Crippen molar-refractivity contribution in [1.82, 2.24) is 13.7 Å². The average Bonchev–Trinajstić information content (AvgIpc) is 3.89.